The number of alkyl halides is 3. The third-order valence-corrected chi connectivity index (χ3v) is 6.26. The van der Waals surface area contributed by atoms with Crippen LogP contribution in [0.25, 0.3) is 0 Å². The zero-order chi connectivity index (χ0) is 15.7. The third-order valence-electron chi connectivity index (χ3n) is 4.19. The van der Waals surface area contributed by atoms with Crippen LogP contribution in [0.1, 0.15) is 18.4 Å². The van der Waals surface area contributed by atoms with E-state index in [1.165, 1.54) is 5.19 Å². The van der Waals surface area contributed by atoms with E-state index >= 15 is 0 Å². The van der Waals surface area contributed by atoms with Crippen LogP contribution in [0.3, 0.4) is 0 Å². The average molecular weight is 315 g/mol. The van der Waals surface area contributed by atoms with Crippen molar-refractivity contribution >= 4 is 13.3 Å². The molecule has 1 nitrogen and oxygen atoms in total. The van der Waals surface area contributed by atoms with E-state index in [-0.39, 0.29) is 13.0 Å². The van der Waals surface area contributed by atoms with Crippen LogP contribution in [0, 0.1) is 5.92 Å². The minimum absolute atomic E-state index is 0.138. The maximum absolute atomic E-state index is 12.8. The second-order valence-electron chi connectivity index (χ2n) is 7.06. The summed E-state index contributed by atoms with van der Waals surface area (Å²) in [7, 11) is -1.31. The van der Waals surface area contributed by atoms with Gasteiger partial charge < -0.3 is 0 Å². The summed E-state index contributed by atoms with van der Waals surface area (Å²) in [6.45, 7) is 8.40. The first-order chi connectivity index (χ1) is 9.66. The Kier molecular flexibility index (Phi) is 4.83. The Morgan fingerprint density at radius 3 is 2.29 bits per heavy atom. The first-order valence-electron chi connectivity index (χ1n) is 7.55. The number of benzene rings is 1. The van der Waals surface area contributed by atoms with Crippen LogP contribution in [0.5, 0.6) is 0 Å². The highest BCUT2D eigenvalue weighted by molar-refractivity contribution is 6.88. The summed E-state index contributed by atoms with van der Waals surface area (Å²) in [5, 5.41) is 1.39. The van der Waals surface area contributed by atoms with Crippen LogP contribution in [-0.4, -0.2) is 32.2 Å². The SMILES string of the molecule is C[Si](C)(C)c1ccc(CN2CCCC(C(F)(F)F)C2)cc1. The minimum Gasteiger partial charge on any atom is -0.298 e. The first-order valence-corrected chi connectivity index (χ1v) is 11.0. The van der Waals surface area contributed by atoms with Crippen molar-refractivity contribution in [3.8, 4) is 0 Å². The Bertz CT molecular complexity index is 462. The smallest absolute Gasteiger partial charge is 0.298 e. The zero-order valence-corrected chi connectivity index (χ0v) is 14.0. The van der Waals surface area contributed by atoms with Crippen molar-refractivity contribution in [3.05, 3.63) is 29.8 Å². The summed E-state index contributed by atoms with van der Waals surface area (Å²) >= 11 is 0. The van der Waals surface area contributed by atoms with Crippen molar-refractivity contribution in [1.29, 1.82) is 0 Å². The molecule has 0 saturated carbocycles. The van der Waals surface area contributed by atoms with Crippen molar-refractivity contribution in [3.63, 3.8) is 0 Å². The number of hydrogen-bond donors (Lipinski definition) is 0. The Morgan fingerprint density at radius 2 is 1.76 bits per heavy atom. The molecule has 21 heavy (non-hydrogen) atoms. The van der Waals surface area contributed by atoms with Gasteiger partial charge in [-0.25, -0.2) is 0 Å². The second-order valence-corrected chi connectivity index (χ2v) is 12.1. The summed E-state index contributed by atoms with van der Waals surface area (Å²) in [4.78, 5) is 1.94. The van der Waals surface area contributed by atoms with E-state index in [4.69, 9.17) is 0 Å². The fourth-order valence-corrected chi connectivity index (χ4v) is 4.00. The van der Waals surface area contributed by atoms with Gasteiger partial charge in [-0.1, -0.05) is 49.1 Å². The number of halogens is 3. The summed E-state index contributed by atoms with van der Waals surface area (Å²) in [5.41, 5.74) is 1.11. The molecular formula is C16H24F3NSi. The molecule has 5 heteroatoms. The molecule has 0 bridgehead atoms. The Labute approximate surface area is 126 Å². The van der Waals surface area contributed by atoms with Crippen LogP contribution in [0.2, 0.25) is 19.6 Å². The van der Waals surface area contributed by atoms with Gasteiger partial charge in [-0.3, -0.25) is 4.90 Å². The molecule has 0 radical (unpaired) electrons. The van der Waals surface area contributed by atoms with E-state index in [9.17, 15) is 13.2 Å². The minimum atomic E-state index is -4.06. The molecule has 0 aromatic heterocycles. The maximum Gasteiger partial charge on any atom is 0.393 e. The van der Waals surface area contributed by atoms with Gasteiger partial charge >= 0.3 is 6.18 Å². The van der Waals surface area contributed by atoms with Crippen LogP contribution < -0.4 is 5.19 Å². The van der Waals surface area contributed by atoms with Gasteiger partial charge in [-0.05, 0) is 24.9 Å². The van der Waals surface area contributed by atoms with E-state index in [0.29, 0.717) is 13.0 Å². The van der Waals surface area contributed by atoms with Crippen LogP contribution in [-0.2, 0) is 6.54 Å². The molecule has 0 amide bonds. The van der Waals surface area contributed by atoms with Gasteiger partial charge in [0.25, 0.3) is 0 Å². The molecule has 1 aromatic carbocycles. The van der Waals surface area contributed by atoms with Crippen LogP contribution in [0.15, 0.2) is 24.3 Å². The Hall–Kier alpha value is -0.813. The lowest BCUT2D eigenvalue weighted by atomic mass is 9.97. The van der Waals surface area contributed by atoms with Gasteiger partial charge in [0.15, 0.2) is 0 Å². The van der Waals surface area contributed by atoms with Gasteiger partial charge in [0.2, 0.25) is 0 Å². The molecule has 2 rings (SSSR count). The van der Waals surface area contributed by atoms with Gasteiger partial charge in [0.05, 0.1) is 14.0 Å². The summed E-state index contributed by atoms with van der Waals surface area (Å²) in [6, 6.07) is 8.44. The molecule has 1 aromatic rings. The zero-order valence-electron chi connectivity index (χ0n) is 13.0. The molecule has 1 saturated heterocycles. The quantitative estimate of drug-likeness (QED) is 0.762. The predicted octanol–water partition coefficient (Wildman–Crippen LogP) is 4.01. The second kappa shape index (κ2) is 6.13. The van der Waals surface area contributed by atoms with E-state index < -0.39 is 20.2 Å². The standard InChI is InChI=1S/C16H24F3NSi/c1-21(2,3)15-8-6-13(7-9-15)11-20-10-4-5-14(12-20)16(17,18)19/h6-9,14H,4-5,10-12H2,1-3H3. The van der Waals surface area contributed by atoms with Crippen molar-refractivity contribution in [2.75, 3.05) is 13.1 Å². The number of nitrogens with zero attached hydrogens (tertiary/aromatic N) is 1. The fourth-order valence-electron chi connectivity index (χ4n) is 2.83. The first kappa shape index (κ1) is 16.6. The molecule has 1 unspecified atom stereocenters. The van der Waals surface area contributed by atoms with E-state index in [1.54, 1.807) is 0 Å². The molecule has 1 aliphatic heterocycles. The molecule has 0 spiro atoms. The molecule has 118 valence electrons. The van der Waals surface area contributed by atoms with Crippen LogP contribution in [0.4, 0.5) is 13.2 Å². The monoisotopic (exact) mass is 315 g/mol. The number of piperidine rings is 1. The van der Waals surface area contributed by atoms with Gasteiger partial charge in [-0.15, -0.1) is 0 Å². The van der Waals surface area contributed by atoms with Crippen LogP contribution >= 0.6 is 0 Å². The third kappa shape index (κ3) is 4.58. The molecule has 1 aliphatic rings. The van der Waals surface area contributed by atoms with Crippen molar-refractivity contribution in [2.24, 2.45) is 5.92 Å². The van der Waals surface area contributed by atoms with Crippen molar-refractivity contribution in [2.45, 2.75) is 45.2 Å². The lowest BCUT2D eigenvalue weighted by molar-refractivity contribution is -0.187. The fraction of sp³-hybridized carbons (Fsp3) is 0.625. The van der Waals surface area contributed by atoms with Gasteiger partial charge in [-0.2, -0.15) is 13.2 Å². The normalized spacial score (nSPS) is 21.5. The molecule has 0 aliphatic carbocycles. The van der Waals surface area contributed by atoms with Crippen molar-refractivity contribution in [1.82, 2.24) is 4.90 Å². The lowest BCUT2D eigenvalue weighted by Crippen LogP contribution is -2.41. The average Bonchev–Trinajstić information content (AvgIpc) is 2.37. The molecular weight excluding hydrogens is 291 g/mol. The molecule has 1 atom stereocenters. The number of rotatable bonds is 3. The van der Waals surface area contributed by atoms with E-state index in [1.807, 2.05) is 4.90 Å². The van der Waals surface area contributed by atoms with Gasteiger partial charge in [0.1, 0.15) is 0 Å². The number of hydrogen-bond acceptors (Lipinski definition) is 1. The molecule has 1 fully saturated rings. The van der Waals surface area contributed by atoms with Gasteiger partial charge in [0, 0.05) is 13.1 Å². The molecule has 1 heterocycles. The van der Waals surface area contributed by atoms with Crippen molar-refractivity contribution < 1.29 is 13.2 Å². The predicted molar refractivity (Wildman–Crippen MR) is 83.5 cm³/mol. The van der Waals surface area contributed by atoms with E-state index in [2.05, 4.69) is 43.9 Å². The Morgan fingerprint density at radius 1 is 1.14 bits per heavy atom. The highest BCUT2D eigenvalue weighted by atomic mass is 28.3. The molecule has 0 N–H and O–H groups in total. The Balaban J connectivity index is 1.98. The largest absolute Gasteiger partial charge is 0.393 e. The topological polar surface area (TPSA) is 3.24 Å². The maximum atomic E-state index is 12.8. The summed E-state index contributed by atoms with van der Waals surface area (Å²) in [6.07, 6.45) is -3.15. The van der Waals surface area contributed by atoms with E-state index in [0.717, 1.165) is 12.1 Å². The summed E-state index contributed by atoms with van der Waals surface area (Å²) in [5.74, 6) is -1.16. The lowest BCUT2D eigenvalue weighted by Gasteiger charge is -2.33. The summed E-state index contributed by atoms with van der Waals surface area (Å²) < 4.78 is 38.4. The highest BCUT2D eigenvalue weighted by Gasteiger charge is 2.41. The highest BCUT2D eigenvalue weighted by Crippen LogP contribution is 2.33. The number of likely N-dealkylation sites (tertiary alicyclic amines) is 1.